The fourth-order valence-corrected chi connectivity index (χ4v) is 3.97. The quantitative estimate of drug-likeness (QED) is 0.848. The van der Waals surface area contributed by atoms with E-state index in [1.807, 2.05) is 0 Å². The Morgan fingerprint density at radius 1 is 1.37 bits per heavy atom. The smallest absolute Gasteiger partial charge is 0.266 e. The minimum Gasteiger partial charge on any atom is -0.457 e. The molecule has 6 nitrogen and oxygen atoms in total. The molecule has 148 valence electrons. The van der Waals surface area contributed by atoms with Gasteiger partial charge in [0.1, 0.15) is 5.75 Å². The third-order valence-corrected chi connectivity index (χ3v) is 5.57. The number of likely N-dealkylation sites (N-methyl/N-ethyl adjacent to an activating group) is 1. The number of benzene rings is 1. The number of carbonyl (C=O) groups is 1. The number of ether oxygens (including phenoxy) is 1. The molecular weight excluding hydrogens is 354 g/mol. The van der Waals surface area contributed by atoms with Gasteiger partial charge in [0.15, 0.2) is 18.2 Å². The molecule has 1 saturated heterocycles. The maximum atomic E-state index is 13.3. The fourth-order valence-electron chi connectivity index (χ4n) is 3.97. The molecule has 8 heteroatoms. The summed E-state index contributed by atoms with van der Waals surface area (Å²) in [5.74, 6) is 0.293. The lowest BCUT2D eigenvalue weighted by molar-refractivity contribution is -0.133. The summed E-state index contributed by atoms with van der Waals surface area (Å²) in [7, 11) is 3.68. The SMILES string of the molecule is Cc1cc(C2(C3CCN(C)CC3)N=C(N)N(C)C2=O)ccc1OC(F)CF. The molecule has 0 radical (unpaired) electrons. The lowest BCUT2D eigenvalue weighted by Crippen LogP contribution is -2.48. The number of hydrogen-bond donors (Lipinski definition) is 1. The molecule has 2 aliphatic rings. The fraction of sp³-hybridized carbons (Fsp3) is 0.579. The first-order valence-electron chi connectivity index (χ1n) is 9.09. The maximum absolute atomic E-state index is 13.3. The Morgan fingerprint density at radius 2 is 2.04 bits per heavy atom. The van der Waals surface area contributed by atoms with Crippen LogP contribution in [0.5, 0.6) is 5.75 Å². The molecule has 0 aromatic heterocycles. The van der Waals surface area contributed by atoms with E-state index in [0.717, 1.165) is 25.9 Å². The van der Waals surface area contributed by atoms with Gasteiger partial charge in [-0.2, -0.15) is 4.39 Å². The van der Waals surface area contributed by atoms with Gasteiger partial charge >= 0.3 is 0 Å². The predicted octanol–water partition coefficient (Wildman–Crippen LogP) is 1.96. The largest absolute Gasteiger partial charge is 0.457 e. The van der Waals surface area contributed by atoms with Gasteiger partial charge < -0.3 is 15.4 Å². The molecule has 2 aliphatic heterocycles. The van der Waals surface area contributed by atoms with Gasteiger partial charge in [0.05, 0.1) is 0 Å². The lowest BCUT2D eigenvalue weighted by atomic mass is 9.73. The number of nitrogens with two attached hydrogens (primary N) is 1. The maximum Gasteiger partial charge on any atom is 0.266 e. The van der Waals surface area contributed by atoms with Crippen LogP contribution in [-0.4, -0.2) is 61.9 Å². The van der Waals surface area contributed by atoms with Gasteiger partial charge in [-0.05, 0) is 69.1 Å². The normalized spacial score (nSPS) is 25.6. The van der Waals surface area contributed by atoms with E-state index in [9.17, 15) is 13.6 Å². The van der Waals surface area contributed by atoms with Gasteiger partial charge in [0, 0.05) is 7.05 Å². The molecule has 1 amide bonds. The van der Waals surface area contributed by atoms with Crippen LogP contribution in [0, 0.1) is 12.8 Å². The van der Waals surface area contributed by atoms with Crippen molar-refractivity contribution in [1.82, 2.24) is 9.80 Å². The number of halogens is 2. The van der Waals surface area contributed by atoms with E-state index in [1.54, 1.807) is 32.2 Å². The number of hydrogen-bond acceptors (Lipinski definition) is 5. The number of amides is 1. The van der Waals surface area contributed by atoms with Crippen molar-refractivity contribution in [3.8, 4) is 5.75 Å². The molecule has 0 bridgehead atoms. The third-order valence-electron chi connectivity index (χ3n) is 5.57. The van der Waals surface area contributed by atoms with Gasteiger partial charge in [-0.25, -0.2) is 9.38 Å². The Bertz CT molecular complexity index is 749. The van der Waals surface area contributed by atoms with Crippen molar-refractivity contribution in [2.45, 2.75) is 31.7 Å². The highest BCUT2D eigenvalue weighted by atomic mass is 19.2. The lowest BCUT2D eigenvalue weighted by Gasteiger charge is -2.39. The van der Waals surface area contributed by atoms with Crippen LogP contribution in [0.4, 0.5) is 8.78 Å². The second-order valence-corrected chi connectivity index (χ2v) is 7.34. The zero-order valence-corrected chi connectivity index (χ0v) is 15.9. The molecule has 2 heterocycles. The van der Waals surface area contributed by atoms with E-state index in [0.29, 0.717) is 11.1 Å². The van der Waals surface area contributed by atoms with Crippen LogP contribution in [0.1, 0.15) is 24.0 Å². The molecule has 0 aliphatic carbocycles. The van der Waals surface area contributed by atoms with Gasteiger partial charge in [-0.3, -0.25) is 9.69 Å². The number of aliphatic imine (C=N–C) groups is 1. The zero-order chi connectivity index (χ0) is 19.8. The van der Waals surface area contributed by atoms with Gasteiger partial charge in [-0.15, -0.1) is 0 Å². The number of likely N-dealkylation sites (tertiary alicyclic amines) is 1. The summed E-state index contributed by atoms with van der Waals surface area (Å²) >= 11 is 0. The van der Waals surface area contributed by atoms with Crippen molar-refractivity contribution in [1.29, 1.82) is 0 Å². The zero-order valence-electron chi connectivity index (χ0n) is 15.9. The Hall–Kier alpha value is -2.22. The predicted molar refractivity (Wildman–Crippen MR) is 99.0 cm³/mol. The van der Waals surface area contributed by atoms with Crippen molar-refractivity contribution in [2.75, 3.05) is 33.9 Å². The Kier molecular flexibility index (Phi) is 5.37. The average Bonchev–Trinajstić information content (AvgIpc) is 2.88. The van der Waals surface area contributed by atoms with Crippen LogP contribution in [0.25, 0.3) is 0 Å². The van der Waals surface area contributed by atoms with E-state index in [1.165, 1.54) is 4.90 Å². The van der Waals surface area contributed by atoms with Gasteiger partial charge in [0.25, 0.3) is 12.3 Å². The Morgan fingerprint density at radius 3 is 2.56 bits per heavy atom. The van der Waals surface area contributed by atoms with Crippen LogP contribution >= 0.6 is 0 Å². The minimum atomic E-state index is -2.01. The number of nitrogens with zero attached hydrogens (tertiary/aromatic N) is 3. The highest BCUT2D eigenvalue weighted by Gasteiger charge is 2.53. The average molecular weight is 380 g/mol. The topological polar surface area (TPSA) is 71.2 Å². The van der Waals surface area contributed by atoms with Crippen molar-refractivity contribution in [2.24, 2.45) is 16.6 Å². The molecule has 1 aromatic rings. The molecule has 2 N–H and O–H groups in total. The summed E-state index contributed by atoms with van der Waals surface area (Å²) in [6.45, 7) is 2.27. The summed E-state index contributed by atoms with van der Waals surface area (Å²) in [4.78, 5) is 21.5. The summed E-state index contributed by atoms with van der Waals surface area (Å²) in [5, 5.41) is 0. The highest BCUT2D eigenvalue weighted by molar-refractivity contribution is 6.07. The van der Waals surface area contributed by atoms with E-state index >= 15 is 0 Å². The van der Waals surface area contributed by atoms with Crippen molar-refractivity contribution >= 4 is 11.9 Å². The highest BCUT2D eigenvalue weighted by Crippen LogP contribution is 2.45. The molecular formula is C19H26F2N4O2. The van der Waals surface area contributed by atoms with Crippen LogP contribution in [0.15, 0.2) is 23.2 Å². The molecule has 0 spiro atoms. The first-order chi connectivity index (χ1) is 12.8. The van der Waals surface area contributed by atoms with Gasteiger partial charge in [-0.1, -0.05) is 6.07 Å². The number of aryl methyl sites for hydroxylation is 1. The molecule has 1 aromatic carbocycles. The number of alkyl halides is 2. The summed E-state index contributed by atoms with van der Waals surface area (Å²) in [5.41, 5.74) is 6.23. The van der Waals surface area contributed by atoms with Crippen molar-refractivity contribution < 1.29 is 18.3 Å². The summed E-state index contributed by atoms with van der Waals surface area (Å²) in [6, 6.07) is 5.05. The minimum absolute atomic E-state index is 0.00985. The molecule has 2 unspecified atom stereocenters. The van der Waals surface area contributed by atoms with Gasteiger partial charge in [0.2, 0.25) is 0 Å². The third kappa shape index (κ3) is 3.38. The molecule has 2 atom stereocenters. The van der Waals surface area contributed by atoms with Crippen LogP contribution in [0.2, 0.25) is 0 Å². The monoisotopic (exact) mass is 380 g/mol. The number of piperidine rings is 1. The van der Waals surface area contributed by atoms with E-state index in [4.69, 9.17) is 10.5 Å². The summed E-state index contributed by atoms with van der Waals surface area (Å²) < 4.78 is 30.7. The van der Waals surface area contributed by atoms with E-state index < -0.39 is 18.6 Å². The molecule has 1 fully saturated rings. The number of rotatable bonds is 5. The Labute approximate surface area is 158 Å². The standard InChI is InChI=1S/C19H26F2N4O2/c1-12-10-14(4-5-15(12)27-16(21)11-20)19(13-6-8-24(2)9-7-13)17(26)25(3)18(22)23-19/h4-5,10,13,16H,6-9,11H2,1-3H3,(H2,22,23). The Balaban J connectivity index is 2.02. The molecule has 0 saturated carbocycles. The summed E-state index contributed by atoms with van der Waals surface area (Å²) in [6.07, 6.45) is -0.373. The number of carbonyl (C=O) groups excluding carboxylic acids is 1. The van der Waals surface area contributed by atoms with Crippen LogP contribution < -0.4 is 10.5 Å². The first kappa shape index (κ1) is 19.5. The molecule has 27 heavy (non-hydrogen) atoms. The second kappa shape index (κ2) is 7.42. The number of guanidine groups is 1. The second-order valence-electron chi connectivity index (χ2n) is 7.34. The van der Waals surface area contributed by atoms with Crippen molar-refractivity contribution in [3.05, 3.63) is 29.3 Å². The van der Waals surface area contributed by atoms with Crippen molar-refractivity contribution in [3.63, 3.8) is 0 Å². The van der Waals surface area contributed by atoms with E-state index in [-0.39, 0.29) is 23.5 Å². The molecule has 3 rings (SSSR count). The van der Waals surface area contributed by atoms with E-state index in [2.05, 4.69) is 16.9 Å². The van der Waals surface area contributed by atoms with Crippen LogP contribution in [0.3, 0.4) is 0 Å². The first-order valence-corrected chi connectivity index (χ1v) is 9.09. The van der Waals surface area contributed by atoms with Crippen LogP contribution in [-0.2, 0) is 10.3 Å².